The van der Waals surface area contributed by atoms with Crippen LogP contribution in [0.5, 0.6) is 0 Å². The van der Waals surface area contributed by atoms with E-state index in [-0.39, 0.29) is 24.5 Å². The Labute approximate surface area is 130 Å². The van der Waals surface area contributed by atoms with Crippen LogP contribution >= 0.6 is 0 Å². The molecule has 0 atom stereocenters. The van der Waals surface area contributed by atoms with E-state index in [1.807, 2.05) is 30.3 Å². The minimum Gasteiger partial charge on any atom is -0.467 e. The van der Waals surface area contributed by atoms with Crippen LogP contribution in [0.4, 0.5) is 0 Å². The smallest absolute Gasteiger partial charge is 0.223 e. The van der Waals surface area contributed by atoms with Crippen molar-refractivity contribution in [2.24, 2.45) is 0 Å². The van der Waals surface area contributed by atoms with Crippen molar-refractivity contribution in [1.82, 2.24) is 4.90 Å². The Balaban J connectivity index is 1.83. The lowest BCUT2D eigenvalue weighted by atomic mass is 10.0. The zero-order valence-electron chi connectivity index (χ0n) is 13.0. The molecule has 0 aliphatic carbocycles. The summed E-state index contributed by atoms with van der Waals surface area (Å²) >= 11 is 0. The Kier molecular flexibility index (Phi) is 5.53. The average Bonchev–Trinajstić information content (AvgIpc) is 3.05. The van der Waals surface area contributed by atoms with Gasteiger partial charge in [-0.25, -0.2) is 0 Å². The van der Waals surface area contributed by atoms with Crippen LogP contribution in [0.15, 0.2) is 47.1 Å². The number of carbonyl (C=O) groups excluding carboxylic acids is 2. The molecule has 4 nitrogen and oxygen atoms in total. The summed E-state index contributed by atoms with van der Waals surface area (Å²) in [5, 5.41) is 0. The monoisotopic (exact) mass is 299 g/mol. The second kappa shape index (κ2) is 7.59. The molecule has 116 valence electrons. The van der Waals surface area contributed by atoms with Crippen LogP contribution in [-0.2, 0) is 17.8 Å². The first-order chi connectivity index (χ1) is 10.6. The number of rotatable bonds is 7. The van der Waals surface area contributed by atoms with Gasteiger partial charge in [0.15, 0.2) is 5.78 Å². The highest BCUT2D eigenvalue weighted by molar-refractivity contribution is 5.97. The van der Waals surface area contributed by atoms with E-state index < -0.39 is 0 Å². The molecule has 0 unspecified atom stereocenters. The predicted molar refractivity (Wildman–Crippen MR) is 84.6 cm³/mol. The SMILES string of the molecule is CCc1ccc(C(=O)CCC(=O)N(C)Cc2ccco2)cc1. The van der Waals surface area contributed by atoms with Gasteiger partial charge in [-0.2, -0.15) is 0 Å². The molecule has 2 rings (SSSR count). The van der Waals surface area contributed by atoms with Crippen molar-refractivity contribution >= 4 is 11.7 Å². The molecule has 0 aliphatic heterocycles. The zero-order chi connectivity index (χ0) is 15.9. The highest BCUT2D eigenvalue weighted by Crippen LogP contribution is 2.11. The molecule has 0 radical (unpaired) electrons. The Morgan fingerprint density at radius 3 is 2.41 bits per heavy atom. The summed E-state index contributed by atoms with van der Waals surface area (Å²) in [7, 11) is 1.71. The molecule has 0 aliphatic rings. The van der Waals surface area contributed by atoms with Crippen molar-refractivity contribution in [3.05, 3.63) is 59.5 Å². The lowest BCUT2D eigenvalue weighted by Gasteiger charge is -2.15. The van der Waals surface area contributed by atoms with Crippen molar-refractivity contribution in [3.8, 4) is 0 Å². The molecule has 0 fully saturated rings. The second-order valence-electron chi connectivity index (χ2n) is 5.30. The van der Waals surface area contributed by atoms with E-state index in [1.165, 1.54) is 5.56 Å². The molecule has 0 spiro atoms. The van der Waals surface area contributed by atoms with E-state index in [0.717, 1.165) is 12.2 Å². The van der Waals surface area contributed by atoms with E-state index in [9.17, 15) is 9.59 Å². The number of nitrogens with zero attached hydrogens (tertiary/aromatic N) is 1. The van der Waals surface area contributed by atoms with Crippen molar-refractivity contribution in [2.75, 3.05) is 7.05 Å². The van der Waals surface area contributed by atoms with Gasteiger partial charge < -0.3 is 9.32 Å². The van der Waals surface area contributed by atoms with Crippen LogP contribution < -0.4 is 0 Å². The first-order valence-corrected chi connectivity index (χ1v) is 7.48. The van der Waals surface area contributed by atoms with Crippen LogP contribution in [0, 0.1) is 0 Å². The van der Waals surface area contributed by atoms with Gasteiger partial charge in [-0.1, -0.05) is 31.2 Å². The molecule has 0 saturated carbocycles. The van der Waals surface area contributed by atoms with Crippen molar-refractivity contribution in [2.45, 2.75) is 32.7 Å². The lowest BCUT2D eigenvalue weighted by Crippen LogP contribution is -2.26. The highest BCUT2D eigenvalue weighted by Gasteiger charge is 2.13. The standard InChI is InChI=1S/C18H21NO3/c1-3-14-6-8-15(9-7-14)17(20)10-11-18(21)19(2)13-16-5-4-12-22-16/h4-9,12H,3,10-11,13H2,1-2H3. The summed E-state index contributed by atoms with van der Waals surface area (Å²) in [6.45, 7) is 2.50. The maximum Gasteiger partial charge on any atom is 0.223 e. The van der Waals surface area contributed by atoms with Crippen LogP contribution in [0.2, 0.25) is 0 Å². The average molecular weight is 299 g/mol. The van der Waals surface area contributed by atoms with Crippen LogP contribution in [0.25, 0.3) is 0 Å². The first kappa shape index (κ1) is 16.0. The van der Waals surface area contributed by atoms with E-state index in [4.69, 9.17) is 4.42 Å². The topological polar surface area (TPSA) is 50.5 Å². The Hall–Kier alpha value is -2.36. The number of hydrogen-bond acceptors (Lipinski definition) is 3. The summed E-state index contributed by atoms with van der Waals surface area (Å²) in [5.74, 6) is 0.676. The third-order valence-corrected chi connectivity index (χ3v) is 3.65. The van der Waals surface area contributed by atoms with Crippen LogP contribution in [0.3, 0.4) is 0 Å². The van der Waals surface area contributed by atoms with Gasteiger partial charge in [0.25, 0.3) is 0 Å². The van der Waals surface area contributed by atoms with Gasteiger partial charge in [0.1, 0.15) is 5.76 Å². The minimum absolute atomic E-state index is 0.00222. The van der Waals surface area contributed by atoms with E-state index in [0.29, 0.717) is 12.1 Å². The highest BCUT2D eigenvalue weighted by atomic mass is 16.3. The largest absolute Gasteiger partial charge is 0.467 e. The lowest BCUT2D eigenvalue weighted by molar-refractivity contribution is -0.130. The number of amides is 1. The van der Waals surface area contributed by atoms with Crippen LogP contribution in [-0.4, -0.2) is 23.6 Å². The van der Waals surface area contributed by atoms with E-state index in [2.05, 4.69) is 6.92 Å². The summed E-state index contributed by atoms with van der Waals surface area (Å²) in [5.41, 5.74) is 1.87. The molecule has 1 amide bonds. The molecule has 1 aromatic heterocycles. The Morgan fingerprint density at radius 2 is 1.82 bits per heavy atom. The molecule has 0 N–H and O–H groups in total. The van der Waals surface area contributed by atoms with Gasteiger partial charge in [-0.15, -0.1) is 0 Å². The first-order valence-electron chi connectivity index (χ1n) is 7.48. The molecular weight excluding hydrogens is 278 g/mol. The molecule has 2 aromatic rings. The number of carbonyl (C=O) groups is 2. The summed E-state index contributed by atoms with van der Waals surface area (Å²) < 4.78 is 5.21. The van der Waals surface area contributed by atoms with E-state index >= 15 is 0 Å². The maximum absolute atomic E-state index is 12.1. The fourth-order valence-corrected chi connectivity index (χ4v) is 2.21. The van der Waals surface area contributed by atoms with E-state index in [1.54, 1.807) is 24.3 Å². The van der Waals surface area contributed by atoms with Crippen LogP contribution in [0.1, 0.15) is 41.4 Å². The third kappa shape index (κ3) is 4.32. The quantitative estimate of drug-likeness (QED) is 0.736. The molecular formula is C18H21NO3. The van der Waals surface area contributed by atoms with Crippen molar-refractivity contribution < 1.29 is 14.0 Å². The molecule has 1 heterocycles. The number of furan rings is 1. The molecule has 1 aromatic carbocycles. The van der Waals surface area contributed by atoms with Gasteiger partial charge in [0.2, 0.25) is 5.91 Å². The third-order valence-electron chi connectivity index (χ3n) is 3.65. The number of Topliss-reactive ketones (excluding diaryl/α,β-unsaturated/α-hetero) is 1. The minimum atomic E-state index is -0.0603. The van der Waals surface area contributed by atoms with Crippen molar-refractivity contribution in [1.29, 1.82) is 0 Å². The molecule has 4 heteroatoms. The molecule has 0 bridgehead atoms. The molecule has 0 saturated heterocycles. The maximum atomic E-state index is 12.1. The fourth-order valence-electron chi connectivity index (χ4n) is 2.21. The number of benzene rings is 1. The number of ketones is 1. The summed E-state index contributed by atoms with van der Waals surface area (Å²) in [6, 6.07) is 11.2. The fraction of sp³-hybridized carbons (Fsp3) is 0.333. The van der Waals surface area contributed by atoms with Gasteiger partial charge >= 0.3 is 0 Å². The Bertz CT molecular complexity index is 614. The summed E-state index contributed by atoms with van der Waals surface area (Å²) in [6.07, 6.45) is 2.97. The Morgan fingerprint density at radius 1 is 1.09 bits per heavy atom. The van der Waals surface area contributed by atoms with Gasteiger partial charge in [0.05, 0.1) is 12.8 Å². The predicted octanol–water partition coefficient (Wildman–Crippen LogP) is 3.46. The zero-order valence-corrected chi connectivity index (χ0v) is 13.0. The van der Waals surface area contributed by atoms with Gasteiger partial charge in [-0.3, -0.25) is 9.59 Å². The molecule has 22 heavy (non-hydrogen) atoms. The number of hydrogen-bond donors (Lipinski definition) is 0. The van der Waals surface area contributed by atoms with Gasteiger partial charge in [-0.05, 0) is 24.1 Å². The second-order valence-corrected chi connectivity index (χ2v) is 5.30. The number of aryl methyl sites for hydroxylation is 1. The van der Waals surface area contributed by atoms with Gasteiger partial charge in [0, 0.05) is 25.5 Å². The normalized spacial score (nSPS) is 10.5. The van der Waals surface area contributed by atoms with Crippen molar-refractivity contribution in [3.63, 3.8) is 0 Å². The summed E-state index contributed by atoms with van der Waals surface area (Å²) in [4.78, 5) is 25.7.